The zero-order valence-corrected chi connectivity index (χ0v) is 10.7. The van der Waals surface area contributed by atoms with Crippen molar-refractivity contribution < 1.29 is 10.2 Å². The fourth-order valence-corrected chi connectivity index (χ4v) is 1.64. The lowest BCUT2D eigenvalue weighted by Crippen LogP contribution is -2.42. The minimum atomic E-state index is -0.738. The molecule has 3 heteroatoms. The summed E-state index contributed by atoms with van der Waals surface area (Å²) >= 11 is 0. The summed E-state index contributed by atoms with van der Waals surface area (Å²) in [5.74, 6) is 0.177. The van der Waals surface area contributed by atoms with E-state index in [2.05, 4.69) is 5.32 Å². The normalized spacial score (nSPS) is 18.2. The highest BCUT2D eigenvalue weighted by Gasteiger charge is 2.31. The molecule has 15 heavy (non-hydrogen) atoms. The van der Waals surface area contributed by atoms with Gasteiger partial charge in [0.15, 0.2) is 0 Å². The molecule has 0 fully saturated rings. The van der Waals surface area contributed by atoms with Gasteiger partial charge in [-0.3, -0.25) is 0 Å². The van der Waals surface area contributed by atoms with Crippen molar-refractivity contribution in [1.82, 2.24) is 5.32 Å². The Labute approximate surface area is 93.9 Å². The van der Waals surface area contributed by atoms with Crippen LogP contribution in [-0.4, -0.2) is 34.5 Å². The summed E-state index contributed by atoms with van der Waals surface area (Å²) in [7, 11) is 0. The van der Waals surface area contributed by atoms with Gasteiger partial charge in [0.25, 0.3) is 0 Å². The summed E-state index contributed by atoms with van der Waals surface area (Å²) in [5.41, 5.74) is -0.738. The number of aliphatic hydroxyl groups excluding tert-OH is 1. The van der Waals surface area contributed by atoms with Gasteiger partial charge in [0.05, 0.1) is 11.7 Å². The van der Waals surface area contributed by atoms with Gasteiger partial charge in [0, 0.05) is 19.0 Å². The first-order valence-electron chi connectivity index (χ1n) is 5.95. The Hall–Kier alpha value is -0.120. The molecule has 2 atom stereocenters. The summed E-state index contributed by atoms with van der Waals surface area (Å²) < 4.78 is 0. The molecule has 0 unspecified atom stereocenters. The lowest BCUT2D eigenvalue weighted by molar-refractivity contribution is -0.0484. The lowest BCUT2D eigenvalue weighted by Gasteiger charge is -2.33. The van der Waals surface area contributed by atoms with Crippen molar-refractivity contribution in [3.05, 3.63) is 0 Å². The van der Waals surface area contributed by atoms with Crippen molar-refractivity contribution in [2.24, 2.45) is 5.92 Å². The largest absolute Gasteiger partial charge is 0.392 e. The molecule has 0 aromatic rings. The van der Waals surface area contributed by atoms with Gasteiger partial charge in [0.2, 0.25) is 0 Å². The van der Waals surface area contributed by atoms with Crippen molar-refractivity contribution in [2.45, 2.75) is 65.2 Å². The first kappa shape index (κ1) is 14.9. The minimum absolute atomic E-state index is 0.177. The Morgan fingerprint density at radius 2 is 1.73 bits per heavy atom. The van der Waals surface area contributed by atoms with Crippen molar-refractivity contribution in [3.63, 3.8) is 0 Å². The highest BCUT2D eigenvalue weighted by atomic mass is 16.3. The molecule has 0 saturated carbocycles. The van der Waals surface area contributed by atoms with Crippen LogP contribution in [0.25, 0.3) is 0 Å². The van der Waals surface area contributed by atoms with Gasteiger partial charge in [-0.25, -0.2) is 0 Å². The second-order valence-corrected chi connectivity index (χ2v) is 5.03. The number of rotatable bonds is 7. The zero-order chi connectivity index (χ0) is 12.1. The standard InChI is InChI=1S/C12H27NO2/c1-6-12(15,9(2)3)7-11(14)8-13-10(4)5/h9-11,13-15H,6-8H2,1-5H3/t11-,12+/m1/s1. The van der Waals surface area contributed by atoms with E-state index in [4.69, 9.17) is 0 Å². The number of aliphatic hydroxyl groups is 2. The molecule has 0 aliphatic carbocycles. The van der Waals surface area contributed by atoms with Crippen LogP contribution >= 0.6 is 0 Å². The maximum atomic E-state index is 10.2. The molecular weight excluding hydrogens is 190 g/mol. The predicted molar refractivity (Wildman–Crippen MR) is 63.8 cm³/mol. The third-order valence-corrected chi connectivity index (χ3v) is 3.04. The van der Waals surface area contributed by atoms with E-state index in [1.165, 1.54) is 0 Å². The van der Waals surface area contributed by atoms with Crippen LogP contribution in [-0.2, 0) is 0 Å². The molecule has 0 spiro atoms. The second-order valence-electron chi connectivity index (χ2n) is 5.03. The first-order valence-corrected chi connectivity index (χ1v) is 5.95. The smallest absolute Gasteiger partial charge is 0.0693 e. The van der Waals surface area contributed by atoms with Crippen LogP contribution in [0.4, 0.5) is 0 Å². The maximum absolute atomic E-state index is 10.2. The van der Waals surface area contributed by atoms with Crippen LogP contribution < -0.4 is 5.32 Å². The summed E-state index contributed by atoms with van der Waals surface area (Å²) in [5, 5.41) is 23.2. The van der Waals surface area contributed by atoms with Gasteiger partial charge in [-0.1, -0.05) is 34.6 Å². The molecule has 0 amide bonds. The van der Waals surface area contributed by atoms with E-state index in [0.29, 0.717) is 25.4 Å². The van der Waals surface area contributed by atoms with Crippen LogP contribution in [0.1, 0.15) is 47.5 Å². The molecule has 0 aromatic carbocycles. The van der Waals surface area contributed by atoms with E-state index in [1.54, 1.807) is 0 Å². The Morgan fingerprint density at radius 1 is 1.20 bits per heavy atom. The molecule has 3 N–H and O–H groups in total. The van der Waals surface area contributed by atoms with E-state index < -0.39 is 11.7 Å². The van der Waals surface area contributed by atoms with Gasteiger partial charge in [-0.15, -0.1) is 0 Å². The molecule has 0 aliphatic heterocycles. The molecule has 92 valence electrons. The third kappa shape index (κ3) is 5.50. The van der Waals surface area contributed by atoms with Gasteiger partial charge < -0.3 is 15.5 Å². The Kier molecular flexibility index (Phi) is 6.41. The molecule has 0 saturated heterocycles. The average Bonchev–Trinajstić information content (AvgIpc) is 2.14. The maximum Gasteiger partial charge on any atom is 0.0693 e. The van der Waals surface area contributed by atoms with E-state index >= 15 is 0 Å². The van der Waals surface area contributed by atoms with Gasteiger partial charge >= 0.3 is 0 Å². The minimum Gasteiger partial charge on any atom is -0.392 e. The summed E-state index contributed by atoms with van der Waals surface area (Å²) in [4.78, 5) is 0. The molecule has 0 radical (unpaired) electrons. The van der Waals surface area contributed by atoms with Crippen molar-refractivity contribution in [2.75, 3.05) is 6.54 Å². The Bertz CT molecular complexity index is 171. The molecule has 3 nitrogen and oxygen atoms in total. The van der Waals surface area contributed by atoms with Crippen molar-refractivity contribution >= 4 is 0 Å². The molecule has 0 heterocycles. The topological polar surface area (TPSA) is 52.5 Å². The number of hydrogen-bond acceptors (Lipinski definition) is 3. The van der Waals surface area contributed by atoms with E-state index in [9.17, 15) is 10.2 Å². The highest BCUT2D eigenvalue weighted by Crippen LogP contribution is 2.26. The van der Waals surface area contributed by atoms with Gasteiger partial charge in [0.1, 0.15) is 0 Å². The van der Waals surface area contributed by atoms with E-state index in [-0.39, 0.29) is 5.92 Å². The molecule has 0 aliphatic rings. The fourth-order valence-electron chi connectivity index (χ4n) is 1.64. The molecule has 0 rings (SSSR count). The highest BCUT2D eigenvalue weighted by molar-refractivity contribution is 4.84. The van der Waals surface area contributed by atoms with Crippen LogP contribution in [0, 0.1) is 5.92 Å². The summed E-state index contributed by atoms with van der Waals surface area (Å²) in [6, 6.07) is 0.369. The van der Waals surface area contributed by atoms with Gasteiger partial charge in [-0.2, -0.15) is 0 Å². The van der Waals surface area contributed by atoms with E-state index in [1.807, 2.05) is 34.6 Å². The van der Waals surface area contributed by atoms with E-state index in [0.717, 1.165) is 0 Å². The van der Waals surface area contributed by atoms with Crippen LogP contribution in [0.15, 0.2) is 0 Å². The quantitative estimate of drug-likeness (QED) is 0.606. The Morgan fingerprint density at radius 3 is 2.07 bits per heavy atom. The molecular formula is C12H27NO2. The third-order valence-electron chi connectivity index (χ3n) is 3.04. The van der Waals surface area contributed by atoms with Crippen LogP contribution in [0.5, 0.6) is 0 Å². The van der Waals surface area contributed by atoms with Gasteiger partial charge in [-0.05, 0) is 12.3 Å². The monoisotopic (exact) mass is 217 g/mol. The van der Waals surface area contributed by atoms with Crippen molar-refractivity contribution in [3.8, 4) is 0 Å². The van der Waals surface area contributed by atoms with Crippen molar-refractivity contribution in [1.29, 1.82) is 0 Å². The summed E-state index contributed by atoms with van der Waals surface area (Å²) in [6.07, 6.45) is 0.657. The average molecular weight is 217 g/mol. The molecule has 0 bridgehead atoms. The number of nitrogens with one attached hydrogen (secondary N) is 1. The zero-order valence-electron chi connectivity index (χ0n) is 10.7. The second kappa shape index (κ2) is 6.46. The predicted octanol–water partition coefficient (Wildman–Crippen LogP) is 1.53. The fraction of sp³-hybridized carbons (Fsp3) is 1.00. The van der Waals surface area contributed by atoms with Crippen LogP contribution in [0.2, 0.25) is 0 Å². The lowest BCUT2D eigenvalue weighted by atomic mass is 9.83. The SMILES string of the molecule is CC[C@](O)(C[C@@H](O)CNC(C)C)C(C)C. The first-order chi connectivity index (χ1) is 6.81. The number of hydrogen-bond donors (Lipinski definition) is 3. The Balaban J connectivity index is 4.07. The summed E-state index contributed by atoms with van der Waals surface area (Å²) in [6.45, 7) is 10.6. The molecule has 0 aromatic heterocycles. The van der Waals surface area contributed by atoms with Crippen LogP contribution in [0.3, 0.4) is 0 Å².